The highest BCUT2D eigenvalue weighted by molar-refractivity contribution is 9.10. The molecule has 0 radical (unpaired) electrons. The van der Waals surface area contributed by atoms with E-state index >= 15 is 0 Å². The lowest BCUT2D eigenvalue weighted by Gasteiger charge is -2.20. The Labute approximate surface area is 177 Å². The van der Waals surface area contributed by atoms with Gasteiger partial charge in [-0.25, -0.2) is 4.79 Å². The quantitative estimate of drug-likeness (QED) is 0.503. The average Bonchev–Trinajstić information content (AvgIpc) is 2.66. The van der Waals surface area contributed by atoms with E-state index in [-0.39, 0.29) is 11.4 Å². The zero-order valence-corrected chi connectivity index (χ0v) is 18.6. The minimum absolute atomic E-state index is 0.111. The number of aryl methyl sites for hydroxylation is 1. The Kier molecular flexibility index (Phi) is 8.84. The summed E-state index contributed by atoms with van der Waals surface area (Å²) in [4.78, 5) is 11.8. The van der Waals surface area contributed by atoms with Crippen LogP contribution in [0.5, 0.6) is 5.75 Å². The van der Waals surface area contributed by atoms with Gasteiger partial charge >= 0.3 is 6.03 Å². The number of halogens is 1. The van der Waals surface area contributed by atoms with Crippen molar-refractivity contribution in [1.29, 1.82) is 0 Å². The molecule has 2 rings (SSSR count). The van der Waals surface area contributed by atoms with Crippen molar-refractivity contribution in [3.63, 3.8) is 0 Å². The summed E-state index contributed by atoms with van der Waals surface area (Å²) in [6.45, 7) is 8.38. The summed E-state index contributed by atoms with van der Waals surface area (Å²) < 4.78 is 6.78. The molecule has 2 aromatic carbocycles. The first-order valence-corrected chi connectivity index (χ1v) is 10.6. The highest BCUT2D eigenvalue weighted by atomic mass is 79.9. The van der Waals surface area contributed by atoms with Crippen LogP contribution in [0.4, 0.5) is 4.79 Å². The third kappa shape index (κ3) is 7.93. The molecule has 0 aliphatic carbocycles. The second-order valence-electron chi connectivity index (χ2n) is 7.87. The Bertz CT molecular complexity index is 742. The lowest BCUT2D eigenvalue weighted by Crippen LogP contribution is -2.37. The van der Waals surface area contributed by atoms with Gasteiger partial charge in [0.25, 0.3) is 0 Å². The zero-order valence-electron chi connectivity index (χ0n) is 17.1. The van der Waals surface area contributed by atoms with Crippen LogP contribution in [-0.4, -0.2) is 25.7 Å². The van der Waals surface area contributed by atoms with Crippen molar-refractivity contribution in [2.24, 2.45) is 0 Å². The van der Waals surface area contributed by atoms with Gasteiger partial charge in [0.15, 0.2) is 0 Å². The number of hydrogen-bond donors (Lipinski definition) is 2. The third-order valence-corrected chi connectivity index (χ3v) is 5.05. The molecule has 0 aliphatic rings. The monoisotopic (exact) mass is 446 g/mol. The first kappa shape index (κ1) is 22.3. The van der Waals surface area contributed by atoms with Gasteiger partial charge in [-0.2, -0.15) is 0 Å². The molecule has 0 fully saturated rings. The maximum Gasteiger partial charge on any atom is 0.314 e. The molecule has 4 nitrogen and oxygen atoms in total. The smallest absolute Gasteiger partial charge is 0.314 e. The third-order valence-electron chi connectivity index (χ3n) is 4.43. The van der Waals surface area contributed by atoms with Crippen LogP contribution in [-0.2, 0) is 11.8 Å². The molecule has 0 spiro atoms. The number of ether oxygens (including phenoxy) is 1. The van der Waals surface area contributed by atoms with E-state index in [1.807, 2.05) is 24.3 Å². The van der Waals surface area contributed by atoms with Gasteiger partial charge in [-0.05, 0) is 63.9 Å². The Morgan fingerprint density at radius 3 is 2.32 bits per heavy atom. The van der Waals surface area contributed by atoms with Crippen LogP contribution < -0.4 is 15.4 Å². The molecule has 28 heavy (non-hydrogen) atoms. The summed E-state index contributed by atoms with van der Waals surface area (Å²) in [7, 11) is 0. The van der Waals surface area contributed by atoms with Crippen LogP contribution >= 0.6 is 15.9 Å². The van der Waals surface area contributed by atoms with E-state index in [1.54, 1.807) is 0 Å². The molecule has 0 atom stereocenters. The number of benzene rings is 2. The summed E-state index contributed by atoms with van der Waals surface area (Å²) in [6.07, 6.45) is 2.65. The molecule has 0 aromatic heterocycles. The molecule has 0 aliphatic heterocycles. The van der Waals surface area contributed by atoms with Gasteiger partial charge in [0.05, 0.1) is 11.1 Å². The number of amides is 2. The fraction of sp³-hybridized carbons (Fsp3) is 0.435. The van der Waals surface area contributed by atoms with Crippen molar-refractivity contribution < 1.29 is 9.53 Å². The fourth-order valence-corrected chi connectivity index (χ4v) is 3.24. The number of carbonyl (C=O) groups excluding carboxylic acids is 1. The van der Waals surface area contributed by atoms with E-state index in [4.69, 9.17) is 4.74 Å². The summed E-state index contributed by atoms with van der Waals surface area (Å²) in [5.74, 6) is 0.832. The molecular weight excluding hydrogens is 416 g/mol. The van der Waals surface area contributed by atoms with Crippen LogP contribution in [0.15, 0.2) is 53.0 Å². The number of rotatable bonds is 9. The van der Waals surface area contributed by atoms with Gasteiger partial charge < -0.3 is 15.4 Å². The maximum atomic E-state index is 11.8. The van der Waals surface area contributed by atoms with Crippen molar-refractivity contribution in [3.8, 4) is 5.75 Å². The Morgan fingerprint density at radius 2 is 1.68 bits per heavy atom. The molecule has 0 heterocycles. The van der Waals surface area contributed by atoms with Crippen molar-refractivity contribution in [2.75, 3.05) is 19.7 Å². The standard InChI is InChI=1S/C23H31BrN2O2/c1-23(2,3)19-12-13-21(20(24)17-19)28-16-8-15-26-22(27)25-14-7-11-18-9-5-4-6-10-18/h4-6,9-10,12-13,17H,7-8,11,14-16H2,1-3H3,(H2,25,26,27). The van der Waals surface area contributed by atoms with E-state index in [1.165, 1.54) is 11.1 Å². The predicted molar refractivity (Wildman–Crippen MR) is 119 cm³/mol. The first-order valence-electron chi connectivity index (χ1n) is 9.85. The number of hydrogen-bond acceptors (Lipinski definition) is 2. The van der Waals surface area contributed by atoms with Gasteiger partial charge in [-0.3, -0.25) is 0 Å². The lowest BCUT2D eigenvalue weighted by atomic mass is 9.87. The normalized spacial score (nSPS) is 11.1. The Balaban J connectivity index is 1.57. The van der Waals surface area contributed by atoms with Gasteiger partial charge in [-0.15, -0.1) is 0 Å². The second kappa shape index (κ2) is 11.1. The van der Waals surface area contributed by atoms with Crippen LogP contribution in [0, 0.1) is 0 Å². The summed E-state index contributed by atoms with van der Waals surface area (Å²) in [5.41, 5.74) is 2.67. The molecular formula is C23H31BrN2O2. The molecule has 5 heteroatoms. The van der Waals surface area contributed by atoms with E-state index in [2.05, 4.69) is 71.6 Å². The molecule has 0 saturated carbocycles. The SMILES string of the molecule is CC(C)(C)c1ccc(OCCCNC(=O)NCCCc2ccccc2)c(Br)c1. The van der Waals surface area contributed by atoms with E-state index in [0.29, 0.717) is 19.7 Å². The largest absolute Gasteiger partial charge is 0.492 e. The lowest BCUT2D eigenvalue weighted by molar-refractivity contribution is 0.239. The highest BCUT2D eigenvalue weighted by Gasteiger charge is 2.15. The minimum atomic E-state index is -0.122. The first-order chi connectivity index (χ1) is 13.4. The topological polar surface area (TPSA) is 50.4 Å². The summed E-state index contributed by atoms with van der Waals surface area (Å²) >= 11 is 3.58. The maximum absolute atomic E-state index is 11.8. The number of nitrogens with one attached hydrogen (secondary N) is 2. The van der Waals surface area contributed by atoms with Crippen LogP contribution in [0.2, 0.25) is 0 Å². The Hall–Kier alpha value is -2.01. The van der Waals surface area contributed by atoms with E-state index < -0.39 is 0 Å². The van der Waals surface area contributed by atoms with Crippen molar-refractivity contribution in [3.05, 3.63) is 64.1 Å². The molecule has 0 bridgehead atoms. The minimum Gasteiger partial charge on any atom is -0.492 e. The van der Waals surface area contributed by atoms with E-state index in [0.717, 1.165) is 29.5 Å². The molecule has 0 unspecified atom stereocenters. The van der Waals surface area contributed by atoms with Gasteiger partial charge in [-0.1, -0.05) is 57.2 Å². The number of carbonyl (C=O) groups is 1. The highest BCUT2D eigenvalue weighted by Crippen LogP contribution is 2.31. The van der Waals surface area contributed by atoms with Gasteiger partial charge in [0, 0.05) is 13.1 Å². The molecule has 152 valence electrons. The van der Waals surface area contributed by atoms with Crippen LogP contribution in [0.1, 0.15) is 44.7 Å². The van der Waals surface area contributed by atoms with Gasteiger partial charge in [0.1, 0.15) is 5.75 Å². The second-order valence-corrected chi connectivity index (χ2v) is 8.72. The van der Waals surface area contributed by atoms with Crippen LogP contribution in [0.25, 0.3) is 0 Å². The fourth-order valence-electron chi connectivity index (χ4n) is 2.74. The average molecular weight is 447 g/mol. The molecule has 0 saturated heterocycles. The number of urea groups is 1. The van der Waals surface area contributed by atoms with Crippen molar-refractivity contribution in [2.45, 2.75) is 45.4 Å². The van der Waals surface area contributed by atoms with Crippen LogP contribution in [0.3, 0.4) is 0 Å². The summed E-state index contributed by atoms with van der Waals surface area (Å²) in [6, 6.07) is 16.4. The Morgan fingerprint density at radius 1 is 1.00 bits per heavy atom. The summed E-state index contributed by atoms with van der Waals surface area (Å²) in [5, 5.41) is 5.76. The van der Waals surface area contributed by atoms with Crippen molar-refractivity contribution in [1.82, 2.24) is 10.6 Å². The molecule has 2 N–H and O–H groups in total. The van der Waals surface area contributed by atoms with Gasteiger partial charge in [0.2, 0.25) is 0 Å². The molecule has 2 amide bonds. The zero-order chi connectivity index (χ0) is 20.4. The van der Waals surface area contributed by atoms with Crippen molar-refractivity contribution >= 4 is 22.0 Å². The van der Waals surface area contributed by atoms with E-state index in [9.17, 15) is 4.79 Å². The predicted octanol–water partition coefficient (Wildman–Crippen LogP) is 5.45. The molecule has 2 aromatic rings.